The molecule has 0 fully saturated rings. The largest absolute Gasteiger partial charge is 0 e. The molecule has 0 rings (SSSR count). The molecule has 0 heterocycles. The molecule has 25 valence electrons. The quantitative estimate of drug-likeness (QED) is 0.515. The summed E-state index contributed by atoms with van der Waals surface area (Å²) < 4.78 is 0. The van der Waals surface area contributed by atoms with Crippen molar-refractivity contribution in [3.05, 3.63) is 0 Å². The molecule has 0 aliphatic heterocycles. The van der Waals surface area contributed by atoms with Gasteiger partial charge >= 0.3 is 0 Å². The van der Waals surface area contributed by atoms with Gasteiger partial charge in [-0.25, -0.2) is 0 Å². The van der Waals surface area contributed by atoms with Crippen molar-refractivity contribution in [2.75, 3.05) is 0 Å². The summed E-state index contributed by atoms with van der Waals surface area (Å²) in [6.07, 6.45) is 0. The zero-order valence-corrected chi connectivity index (χ0v) is 8.19. The van der Waals surface area contributed by atoms with Gasteiger partial charge in [0.15, 0.2) is 0 Å². The van der Waals surface area contributed by atoms with E-state index in [1.807, 2.05) is 0 Å². The van der Waals surface area contributed by atoms with Crippen LogP contribution >= 0.6 is 0 Å². The second-order valence-electron chi connectivity index (χ2n) is 0. The van der Waals surface area contributed by atoms with Crippen LogP contribution in [0.5, 0.6) is 0 Å². The predicted molar refractivity (Wildman–Crippen MR) is 0 cm³/mol. The van der Waals surface area contributed by atoms with E-state index in [-0.39, 0.29) is 70.7 Å². The van der Waals surface area contributed by atoms with Crippen molar-refractivity contribution in [3.8, 4) is 0 Å². The van der Waals surface area contributed by atoms with E-state index in [1.165, 1.54) is 0 Å². The van der Waals surface area contributed by atoms with E-state index in [2.05, 4.69) is 0 Å². The van der Waals surface area contributed by atoms with E-state index >= 15 is 0 Å². The van der Waals surface area contributed by atoms with Crippen LogP contribution in [0.25, 0.3) is 0 Å². The van der Waals surface area contributed by atoms with Gasteiger partial charge in [0.1, 0.15) is 0 Å². The van der Waals surface area contributed by atoms with Crippen LogP contribution in [0.15, 0.2) is 0 Å². The third kappa shape index (κ3) is 8.89. The Bertz CT molecular complexity index is 8.00. The van der Waals surface area contributed by atoms with Crippen LogP contribution in [-0.2, 0) is 70.7 Å². The number of hydrogen-bond donors (Lipinski definition) is 0. The third-order valence-corrected chi connectivity index (χ3v) is 0. The zero-order chi connectivity index (χ0) is 0. The van der Waals surface area contributed by atoms with Crippen molar-refractivity contribution in [2.45, 2.75) is 0 Å². The minimum Gasteiger partial charge on any atom is 0 e. The summed E-state index contributed by atoms with van der Waals surface area (Å²) in [6.45, 7) is 0. The molecular formula is CoCrFeZn. The average molecular weight is 232 g/mol. The second-order valence-corrected chi connectivity index (χ2v) is 0. The maximum atomic E-state index is 0. The average Bonchev–Trinajstić information content (AvgIpc) is 0. The maximum absolute atomic E-state index is 0. The summed E-state index contributed by atoms with van der Waals surface area (Å²) in [6, 6.07) is 0. The Labute approximate surface area is 70.0 Å². The molecule has 0 nitrogen and oxygen atoms in total. The van der Waals surface area contributed by atoms with Crippen molar-refractivity contribution >= 4 is 0 Å². The van der Waals surface area contributed by atoms with Crippen LogP contribution in [0.2, 0.25) is 0 Å². The van der Waals surface area contributed by atoms with Gasteiger partial charge in [0.2, 0.25) is 0 Å². The molecule has 0 saturated heterocycles. The molecule has 0 aliphatic rings. The molecular weight excluding hydrogens is 232 g/mol. The van der Waals surface area contributed by atoms with Crippen LogP contribution in [-0.4, -0.2) is 0 Å². The fourth-order valence-electron chi connectivity index (χ4n) is 0. The van der Waals surface area contributed by atoms with Crippen molar-refractivity contribution in [2.24, 2.45) is 0 Å². The molecule has 0 aromatic rings. The molecule has 0 aromatic heterocycles. The molecule has 4 heavy (non-hydrogen) atoms. The van der Waals surface area contributed by atoms with E-state index in [4.69, 9.17) is 0 Å². The molecule has 0 unspecified atom stereocenters. The van der Waals surface area contributed by atoms with E-state index in [0.29, 0.717) is 0 Å². The van der Waals surface area contributed by atoms with Crippen LogP contribution < -0.4 is 0 Å². The van der Waals surface area contributed by atoms with Crippen LogP contribution in [0, 0.1) is 0 Å². The van der Waals surface area contributed by atoms with Gasteiger partial charge in [-0.1, -0.05) is 0 Å². The molecule has 4 heteroatoms. The first-order chi connectivity index (χ1) is 0. The summed E-state index contributed by atoms with van der Waals surface area (Å²) in [5.74, 6) is 0. The third-order valence-electron chi connectivity index (χ3n) is 0. The first-order valence-corrected chi connectivity index (χ1v) is 0. The maximum Gasteiger partial charge on any atom is 0 e. The van der Waals surface area contributed by atoms with E-state index in [0.717, 1.165) is 0 Å². The normalized spacial score (nSPS) is 0. The van der Waals surface area contributed by atoms with Crippen molar-refractivity contribution in [3.63, 3.8) is 0 Å². The molecule has 0 N–H and O–H groups in total. The fraction of sp³-hybridized carbons (Fsp3) is 0. The van der Waals surface area contributed by atoms with E-state index in [9.17, 15) is 0 Å². The van der Waals surface area contributed by atoms with Crippen LogP contribution in [0.4, 0.5) is 0 Å². The molecule has 0 atom stereocenters. The van der Waals surface area contributed by atoms with E-state index in [1.54, 1.807) is 0 Å². The Balaban J connectivity index is 0. The zero-order valence-electron chi connectivity index (χ0n) is 1.80. The topological polar surface area (TPSA) is 0 Å². The van der Waals surface area contributed by atoms with Crippen LogP contribution in [0.1, 0.15) is 0 Å². The van der Waals surface area contributed by atoms with Crippen molar-refractivity contribution < 1.29 is 70.7 Å². The molecule has 1 radical (unpaired) electrons. The van der Waals surface area contributed by atoms with Gasteiger partial charge in [-0.05, 0) is 0 Å². The monoisotopic (exact) mass is 231 g/mol. The summed E-state index contributed by atoms with van der Waals surface area (Å²) in [5.41, 5.74) is 0. The second kappa shape index (κ2) is 19.0. The van der Waals surface area contributed by atoms with Gasteiger partial charge in [-0.3, -0.25) is 0 Å². The number of hydrogen-bond acceptors (Lipinski definition) is 0. The first-order valence-electron chi connectivity index (χ1n) is 0. The predicted octanol–water partition coefficient (Wildman–Crippen LogP) is -0.0100. The van der Waals surface area contributed by atoms with Gasteiger partial charge < -0.3 is 0 Å². The molecule has 0 amide bonds. The summed E-state index contributed by atoms with van der Waals surface area (Å²) in [4.78, 5) is 0. The fourth-order valence-corrected chi connectivity index (χ4v) is 0. The first kappa shape index (κ1) is 34.9. The van der Waals surface area contributed by atoms with Gasteiger partial charge in [-0.15, -0.1) is 0 Å². The van der Waals surface area contributed by atoms with E-state index < -0.39 is 0 Å². The molecule has 0 saturated carbocycles. The molecule has 0 spiro atoms. The molecule has 0 bridgehead atoms. The summed E-state index contributed by atoms with van der Waals surface area (Å²) in [7, 11) is 0. The van der Waals surface area contributed by atoms with Gasteiger partial charge in [0.05, 0.1) is 0 Å². The standard InChI is InChI=1S/Co.Cr.Fe.Zn. The smallest absolute Gasteiger partial charge is 0 e. The van der Waals surface area contributed by atoms with Crippen LogP contribution in [0.3, 0.4) is 0 Å². The Morgan fingerprint density at radius 3 is 1.00 bits per heavy atom. The Morgan fingerprint density at radius 2 is 1.00 bits per heavy atom. The summed E-state index contributed by atoms with van der Waals surface area (Å²) in [5, 5.41) is 0. The Hall–Kier alpha value is 2.18. The minimum atomic E-state index is 0. The molecule has 0 aliphatic carbocycles. The Morgan fingerprint density at radius 1 is 1.00 bits per heavy atom. The minimum absolute atomic E-state index is 0. The summed E-state index contributed by atoms with van der Waals surface area (Å²) >= 11 is 0. The van der Waals surface area contributed by atoms with Gasteiger partial charge in [0.25, 0.3) is 0 Å². The molecule has 0 aromatic carbocycles. The van der Waals surface area contributed by atoms with Crippen molar-refractivity contribution in [1.82, 2.24) is 0 Å². The SMILES string of the molecule is [Co].[Cr].[Fe].[Zn]. The number of rotatable bonds is 0. The van der Waals surface area contributed by atoms with Gasteiger partial charge in [-0.2, -0.15) is 0 Å². The van der Waals surface area contributed by atoms with Crippen molar-refractivity contribution in [1.29, 1.82) is 0 Å². The van der Waals surface area contributed by atoms with Gasteiger partial charge in [0, 0.05) is 70.7 Å². The Kier molecular flexibility index (Phi) is 166.